The number of benzene rings is 1. The molecule has 1 aliphatic rings. The molecule has 2 rings (SSSR count). The van der Waals surface area contributed by atoms with Gasteiger partial charge in [-0.3, -0.25) is 4.79 Å². The van der Waals surface area contributed by atoms with Crippen LogP contribution in [0.25, 0.3) is 0 Å². The van der Waals surface area contributed by atoms with Crippen molar-refractivity contribution in [2.24, 2.45) is 0 Å². The molecule has 1 aromatic rings. The van der Waals surface area contributed by atoms with Gasteiger partial charge in [-0.15, -0.1) is 0 Å². The number of carbonyl (C=O) groups is 1. The van der Waals surface area contributed by atoms with E-state index in [-0.39, 0.29) is 30.0 Å². The van der Waals surface area contributed by atoms with Crippen LogP contribution in [0.15, 0.2) is 23.1 Å². The van der Waals surface area contributed by atoms with Crippen molar-refractivity contribution in [2.45, 2.75) is 36.6 Å². The number of halogens is 2. The number of rotatable bonds is 4. The van der Waals surface area contributed by atoms with E-state index in [1.807, 2.05) is 0 Å². The van der Waals surface area contributed by atoms with Crippen molar-refractivity contribution in [3.63, 3.8) is 0 Å². The highest BCUT2D eigenvalue weighted by Gasteiger charge is 2.42. The Hall–Kier alpha value is -1.54. The maximum Gasteiger partial charge on any atom is 0.270 e. The summed E-state index contributed by atoms with van der Waals surface area (Å²) in [7, 11) is -3.50. The maximum atomic E-state index is 13.8. The van der Waals surface area contributed by atoms with Crippen molar-refractivity contribution in [1.29, 1.82) is 0 Å². The third-order valence-corrected chi connectivity index (χ3v) is 5.09. The van der Waals surface area contributed by atoms with E-state index in [9.17, 15) is 22.0 Å². The molecule has 128 valence electrons. The summed E-state index contributed by atoms with van der Waals surface area (Å²) in [5.41, 5.74) is 0.651. The minimum absolute atomic E-state index is 0.0231. The second-order valence-electron chi connectivity index (χ2n) is 5.69. The van der Waals surface area contributed by atoms with Crippen molar-refractivity contribution in [2.75, 3.05) is 19.3 Å². The van der Waals surface area contributed by atoms with Gasteiger partial charge in [0.05, 0.1) is 4.90 Å². The van der Waals surface area contributed by atoms with Crippen LogP contribution in [0.5, 0.6) is 0 Å². The first-order chi connectivity index (χ1) is 10.6. The molecule has 1 amide bonds. The molecule has 1 saturated heterocycles. The van der Waals surface area contributed by atoms with Gasteiger partial charge >= 0.3 is 0 Å². The SMILES string of the molecule is CCc1ccc(C(=O)NC2CNCCC2(F)F)cc1S(C)(=O)=O. The van der Waals surface area contributed by atoms with Crippen LogP contribution in [0.2, 0.25) is 0 Å². The summed E-state index contributed by atoms with van der Waals surface area (Å²) in [6.07, 6.45) is 1.21. The highest BCUT2D eigenvalue weighted by atomic mass is 32.2. The Morgan fingerprint density at radius 1 is 1.43 bits per heavy atom. The maximum absolute atomic E-state index is 13.8. The third-order valence-electron chi connectivity index (χ3n) is 3.91. The number of alkyl halides is 2. The highest BCUT2D eigenvalue weighted by Crippen LogP contribution is 2.25. The van der Waals surface area contributed by atoms with Crippen molar-refractivity contribution in [1.82, 2.24) is 10.6 Å². The van der Waals surface area contributed by atoms with Crippen molar-refractivity contribution < 1.29 is 22.0 Å². The van der Waals surface area contributed by atoms with Crippen LogP contribution >= 0.6 is 0 Å². The third kappa shape index (κ3) is 4.06. The van der Waals surface area contributed by atoms with E-state index >= 15 is 0 Å². The molecule has 5 nitrogen and oxygen atoms in total. The average Bonchev–Trinajstić information content (AvgIpc) is 2.47. The Kier molecular flexibility index (Phi) is 5.05. The monoisotopic (exact) mass is 346 g/mol. The summed E-state index contributed by atoms with van der Waals surface area (Å²) in [4.78, 5) is 12.3. The molecule has 0 aromatic heterocycles. The Labute approximate surface area is 134 Å². The van der Waals surface area contributed by atoms with Crippen LogP contribution in [-0.4, -0.2) is 45.6 Å². The summed E-state index contributed by atoms with van der Waals surface area (Å²) in [6, 6.07) is 2.94. The van der Waals surface area contributed by atoms with E-state index in [2.05, 4.69) is 10.6 Å². The minimum atomic E-state index is -3.50. The average molecular weight is 346 g/mol. The molecule has 1 fully saturated rings. The van der Waals surface area contributed by atoms with E-state index < -0.39 is 27.7 Å². The molecule has 8 heteroatoms. The molecular weight excluding hydrogens is 326 g/mol. The lowest BCUT2D eigenvalue weighted by Crippen LogP contribution is -2.57. The predicted molar refractivity (Wildman–Crippen MR) is 82.6 cm³/mol. The second-order valence-corrected chi connectivity index (χ2v) is 7.67. The van der Waals surface area contributed by atoms with Crippen LogP contribution in [0.1, 0.15) is 29.3 Å². The van der Waals surface area contributed by atoms with Gasteiger partial charge < -0.3 is 10.6 Å². The van der Waals surface area contributed by atoms with Crippen LogP contribution in [0.4, 0.5) is 8.78 Å². The number of hydrogen-bond donors (Lipinski definition) is 2. The van der Waals surface area contributed by atoms with E-state index in [0.717, 1.165) is 6.26 Å². The van der Waals surface area contributed by atoms with Gasteiger partial charge in [0, 0.05) is 31.3 Å². The summed E-state index contributed by atoms with van der Waals surface area (Å²) in [5.74, 6) is -3.69. The number of nitrogens with one attached hydrogen (secondary N) is 2. The number of piperidine rings is 1. The molecule has 0 bridgehead atoms. The second kappa shape index (κ2) is 6.52. The van der Waals surface area contributed by atoms with Gasteiger partial charge in [-0.05, 0) is 24.1 Å². The fourth-order valence-electron chi connectivity index (χ4n) is 2.56. The van der Waals surface area contributed by atoms with E-state index in [4.69, 9.17) is 0 Å². The number of aryl methyl sites for hydroxylation is 1. The molecule has 0 aliphatic carbocycles. The molecule has 0 spiro atoms. The van der Waals surface area contributed by atoms with Crippen LogP contribution in [0.3, 0.4) is 0 Å². The Bertz CT molecular complexity index is 705. The molecule has 0 radical (unpaired) electrons. The zero-order valence-corrected chi connectivity index (χ0v) is 13.8. The number of hydrogen-bond acceptors (Lipinski definition) is 4. The molecular formula is C15H20F2N2O3S. The fourth-order valence-corrected chi connectivity index (χ4v) is 3.59. The van der Waals surface area contributed by atoms with Gasteiger partial charge in [0.1, 0.15) is 6.04 Å². The minimum Gasteiger partial charge on any atom is -0.342 e. The van der Waals surface area contributed by atoms with Gasteiger partial charge in [0.25, 0.3) is 11.8 Å². The first-order valence-corrected chi connectivity index (χ1v) is 9.26. The first kappa shape index (κ1) is 17.8. The fraction of sp³-hybridized carbons (Fsp3) is 0.533. The Morgan fingerprint density at radius 2 is 2.13 bits per heavy atom. The summed E-state index contributed by atoms with van der Waals surface area (Å²) < 4.78 is 51.2. The quantitative estimate of drug-likeness (QED) is 0.864. The molecule has 1 aliphatic heterocycles. The van der Waals surface area contributed by atoms with Gasteiger partial charge in [0.15, 0.2) is 9.84 Å². The lowest BCUT2D eigenvalue weighted by molar-refractivity contribution is -0.0542. The summed E-state index contributed by atoms with van der Waals surface area (Å²) in [6.45, 7) is 1.98. The summed E-state index contributed by atoms with van der Waals surface area (Å²) in [5, 5.41) is 5.11. The molecule has 1 heterocycles. The zero-order chi connectivity index (χ0) is 17.3. The lowest BCUT2D eigenvalue weighted by atomic mass is 10.0. The highest BCUT2D eigenvalue weighted by molar-refractivity contribution is 7.90. The largest absolute Gasteiger partial charge is 0.342 e. The molecule has 2 N–H and O–H groups in total. The molecule has 1 unspecified atom stereocenters. The lowest BCUT2D eigenvalue weighted by Gasteiger charge is -2.32. The van der Waals surface area contributed by atoms with Crippen LogP contribution in [0, 0.1) is 0 Å². The smallest absolute Gasteiger partial charge is 0.270 e. The van der Waals surface area contributed by atoms with Gasteiger partial charge in [-0.2, -0.15) is 0 Å². The Balaban J connectivity index is 2.26. The van der Waals surface area contributed by atoms with Gasteiger partial charge in [-0.25, -0.2) is 17.2 Å². The van der Waals surface area contributed by atoms with Crippen LogP contribution < -0.4 is 10.6 Å². The van der Waals surface area contributed by atoms with Crippen LogP contribution in [-0.2, 0) is 16.3 Å². The van der Waals surface area contributed by atoms with E-state index in [0.29, 0.717) is 12.0 Å². The molecule has 1 aromatic carbocycles. The normalized spacial score (nSPS) is 21.0. The van der Waals surface area contributed by atoms with Gasteiger partial charge in [-0.1, -0.05) is 13.0 Å². The number of amides is 1. The predicted octanol–water partition coefficient (Wildman–Crippen LogP) is 1.38. The van der Waals surface area contributed by atoms with E-state index in [1.165, 1.54) is 12.1 Å². The number of carbonyl (C=O) groups excluding carboxylic acids is 1. The Morgan fingerprint density at radius 3 is 2.70 bits per heavy atom. The molecule has 0 saturated carbocycles. The molecule has 1 atom stereocenters. The standard InChI is InChI=1S/C15H20F2N2O3S/c1-3-10-4-5-11(8-12(10)23(2,21)22)14(20)19-13-9-18-7-6-15(13,16)17/h4-5,8,13,18H,3,6-7,9H2,1-2H3,(H,19,20). The van der Waals surface area contributed by atoms with E-state index in [1.54, 1.807) is 13.0 Å². The van der Waals surface area contributed by atoms with Crippen molar-refractivity contribution in [3.05, 3.63) is 29.3 Å². The van der Waals surface area contributed by atoms with Crippen molar-refractivity contribution in [3.8, 4) is 0 Å². The zero-order valence-electron chi connectivity index (χ0n) is 13.0. The molecule has 23 heavy (non-hydrogen) atoms. The topological polar surface area (TPSA) is 75.3 Å². The first-order valence-electron chi connectivity index (χ1n) is 7.37. The van der Waals surface area contributed by atoms with Crippen molar-refractivity contribution >= 4 is 15.7 Å². The summed E-state index contributed by atoms with van der Waals surface area (Å²) >= 11 is 0. The number of sulfone groups is 1. The van der Waals surface area contributed by atoms with Gasteiger partial charge in [0.2, 0.25) is 0 Å².